The molecule has 0 radical (unpaired) electrons. The van der Waals surface area contributed by atoms with E-state index >= 15 is 0 Å². The van der Waals surface area contributed by atoms with Crippen LogP contribution in [0.5, 0.6) is 0 Å². The number of nitrogens with zero attached hydrogens (tertiary/aromatic N) is 3. The van der Waals surface area contributed by atoms with Crippen molar-refractivity contribution < 1.29 is 0 Å². The Balaban J connectivity index is 3.13. The lowest BCUT2D eigenvalue weighted by molar-refractivity contribution is 0.683. The van der Waals surface area contributed by atoms with Crippen molar-refractivity contribution in [3.63, 3.8) is 0 Å². The zero-order chi connectivity index (χ0) is 15.0. The Labute approximate surface area is 122 Å². The lowest BCUT2D eigenvalue weighted by Crippen LogP contribution is -2.27. The molecule has 1 N–H and O–H groups in total. The molecule has 1 aromatic rings. The molecule has 20 heavy (non-hydrogen) atoms. The van der Waals surface area contributed by atoms with Crippen LogP contribution in [0.2, 0.25) is 0 Å². The molecular formula is C16H26N4. The molecule has 0 spiro atoms. The third-order valence-electron chi connectivity index (χ3n) is 2.96. The minimum Gasteiger partial charge on any atom is -0.361 e. The summed E-state index contributed by atoms with van der Waals surface area (Å²) >= 11 is 0. The summed E-state index contributed by atoms with van der Waals surface area (Å²) in [6, 6.07) is 0. The van der Waals surface area contributed by atoms with Gasteiger partial charge in [-0.25, -0.2) is 9.97 Å². The van der Waals surface area contributed by atoms with Gasteiger partial charge in [-0.1, -0.05) is 32.9 Å². The number of anilines is 1. The predicted molar refractivity (Wildman–Crippen MR) is 86.1 cm³/mol. The first kappa shape index (κ1) is 16.4. The molecule has 0 amide bonds. The van der Waals surface area contributed by atoms with Crippen molar-refractivity contribution in [1.82, 2.24) is 15.3 Å². The van der Waals surface area contributed by atoms with Gasteiger partial charge < -0.3 is 10.2 Å². The van der Waals surface area contributed by atoms with Crippen LogP contribution < -0.4 is 10.2 Å². The van der Waals surface area contributed by atoms with Crippen LogP contribution in [0.1, 0.15) is 38.2 Å². The monoisotopic (exact) mass is 274 g/mol. The fraction of sp³-hybridized carbons (Fsp3) is 0.500. The Bertz CT molecular complexity index is 430. The first-order valence-electron chi connectivity index (χ1n) is 7.17. The summed E-state index contributed by atoms with van der Waals surface area (Å²) < 4.78 is 0. The smallest absolute Gasteiger partial charge is 0.131 e. The second kappa shape index (κ2) is 8.48. The van der Waals surface area contributed by atoms with E-state index in [1.807, 2.05) is 18.3 Å². The maximum atomic E-state index is 4.71. The third kappa shape index (κ3) is 4.46. The summed E-state index contributed by atoms with van der Waals surface area (Å²) in [4.78, 5) is 11.4. The molecular weight excluding hydrogens is 248 g/mol. The summed E-state index contributed by atoms with van der Waals surface area (Å²) in [5, 5.41) is 3.34. The normalized spacial score (nSPS) is 10.6. The minimum atomic E-state index is 0.330. The highest BCUT2D eigenvalue weighted by Gasteiger charge is 2.13. The SMILES string of the molecule is C=CCN(CC=C)c1cnc(C(C)C)nc1CNCC. The van der Waals surface area contributed by atoms with Gasteiger partial charge in [-0.15, -0.1) is 13.2 Å². The third-order valence-corrected chi connectivity index (χ3v) is 2.96. The van der Waals surface area contributed by atoms with E-state index in [9.17, 15) is 0 Å². The summed E-state index contributed by atoms with van der Waals surface area (Å²) in [6.07, 6.45) is 5.69. The summed E-state index contributed by atoms with van der Waals surface area (Å²) in [7, 11) is 0. The van der Waals surface area contributed by atoms with Gasteiger partial charge >= 0.3 is 0 Å². The summed E-state index contributed by atoms with van der Waals surface area (Å²) in [5.41, 5.74) is 2.09. The van der Waals surface area contributed by atoms with E-state index < -0.39 is 0 Å². The maximum Gasteiger partial charge on any atom is 0.131 e. The van der Waals surface area contributed by atoms with Gasteiger partial charge in [0, 0.05) is 25.6 Å². The number of hydrogen-bond acceptors (Lipinski definition) is 4. The molecule has 0 atom stereocenters. The second-order valence-electron chi connectivity index (χ2n) is 4.98. The molecule has 0 aliphatic carbocycles. The van der Waals surface area contributed by atoms with E-state index in [1.165, 1.54) is 0 Å². The van der Waals surface area contributed by atoms with Crippen LogP contribution in [0.3, 0.4) is 0 Å². The second-order valence-corrected chi connectivity index (χ2v) is 4.98. The molecule has 0 bridgehead atoms. The van der Waals surface area contributed by atoms with Gasteiger partial charge in [0.25, 0.3) is 0 Å². The Morgan fingerprint density at radius 2 is 1.95 bits per heavy atom. The van der Waals surface area contributed by atoms with Gasteiger partial charge in [0.1, 0.15) is 5.82 Å². The summed E-state index contributed by atoms with van der Waals surface area (Å²) in [5.74, 6) is 1.22. The van der Waals surface area contributed by atoms with Gasteiger partial charge in [0.2, 0.25) is 0 Å². The zero-order valence-electron chi connectivity index (χ0n) is 12.9. The molecule has 0 saturated heterocycles. The zero-order valence-corrected chi connectivity index (χ0v) is 12.9. The Morgan fingerprint density at radius 3 is 2.45 bits per heavy atom. The first-order valence-corrected chi connectivity index (χ1v) is 7.17. The van der Waals surface area contributed by atoms with Crippen LogP contribution in [0.4, 0.5) is 5.69 Å². The van der Waals surface area contributed by atoms with Crippen LogP contribution in [0.25, 0.3) is 0 Å². The van der Waals surface area contributed by atoms with Crippen molar-refractivity contribution in [3.8, 4) is 0 Å². The van der Waals surface area contributed by atoms with E-state index in [1.54, 1.807) is 0 Å². The average Bonchev–Trinajstić information content (AvgIpc) is 2.44. The molecule has 0 saturated carbocycles. The molecule has 0 aromatic carbocycles. The molecule has 0 aliphatic rings. The predicted octanol–water partition coefficient (Wildman–Crippen LogP) is 2.89. The molecule has 1 aromatic heterocycles. The fourth-order valence-corrected chi connectivity index (χ4v) is 1.92. The van der Waals surface area contributed by atoms with Gasteiger partial charge in [-0.2, -0.15) is 0 Å². The van der Waals surface area contributed by atoms with Crippen molar-refractivity contribution in [3.05, 3.63) is 43.0 Å². The number of nitrogens with one attached hydrogen (secondary N) is 1. The van der Waals surface area contributed by atoms with E-state index in [-0.39, 0.29) is 0 Å². The average molecular weight is 274 g/mol. The van der Waals surface area contributed by atoms with Crippen LogP contribution in [-0.4, -0.2) is 29.6 Å². The fourth-order valence-electron chi connectivity index (χ4n) is 1.92. The molecule has 1 rings (SSSR count). The molecule has 4 nitrogen and oxygen atoms in total. The van der Waals surface area contributed by atoms with Crippen LogP contribution in [0.15, 0.2) is 31.5 Å². The van der Waals surface area contributed by atoms with Crippen molar-refractivity contribution >= 4 is 5.69 Å². The van der Waals surface area contributed by atoms with E-state index in [2.05, 4.69) is 49.1 Å². The van der Waals surface area contributed by atoms with E-state index in [0.29, 0.717) is 5.92 Å². The van der Waals surface area contributed by atoms with Crippen molar-refractivity contribution in [2.24, 2.45) is 0 Å². The lowest BCUT2D eigenvalue weighted by Gasteiger charge is -2.24. The van der Waals surface area contributed by atoms with Gasteiger partial charge in [-0.3, -0.25) is 0 Å². The van der Waals surface area contributed by atoms with Crippen LogP contribution >= 0.6 is 0 Å². The van der Waals surface area contributed by atoms with Crippen LogP contribution in [0, 0.1) is 0 Å². The minimum absolute atomic E-state index is 0.330. The molecule has 1 heterocycles. The molecule has 0 fully saturated rings. The molecule has 110 valence electrons. The highest BCUT2D eigenvalue weighted by molar-refractivity contribution is 5.50. The first-order chi connectivity index (χ1) is 9.63. The highest BCUT2D eigenvalue weighted by Crippen LogP contribution is 2.20. The largest absolute Gasteiger partial charge is 0.361 e. The quantitative estimate of drug-likeness (QED) is 0.703. The van der Waals surface area contributed by atoms with Crippen molar-refractivity contribution in [2.45, 2.75) is 33.2 Å². The number of rotatable bonds is 9. The highest BCUT2D eigenvalue weighted by atomic mass is 15.1. The van der Waals surface area contributed by atoms with Gasteiger partial charge in [0.05, 0.1) is 17.6 Å². The molecule has 4 heteroatoms. The van der Waals surface area contributed by atoms with Gasteiger partial charge in [0.15, 0.2) is 0 Å². The Kier molecular flexibility index (Phi) is 6.94. The number of aromatic nitrogens is 2. The van der Waals surface area contributed by atoms with E-state index in [4.69, 9.17) is 4.98 Å². The van der Waals surface area contributed by atoms with Crippen molar-refractivity contribution in [1.29, 1.82) is 0 Å². The van der Waals surface area contributed by atoms with Gasteiger partial charge in [-0.05, 0) is 6.54 Å². The topological polar surface area (TPSA) is 41.1 Å². The van der Waals surface area contributed by atoms with Crippen molar-refractivity contribution in [2.75, 3.05) is 24.5 Å². The molecule has 0 unspecified atom stereocenters. The molecule has 0 aliphatic heterocycles. The Morgan fingerprint density at radius 1 is 1.30 bits per heavy atom. The Hall–Kier alpha value is -1.68. The number of hydrogen-bond donors (Lipinski definition) is 1. The summed E-state index contributed by atoms with van der Waals surface area (Å²) in [6.45, 7) is 17.1. The van der Waals surface area contributed by atoms with Crippen LogP contribution in [-0.2, 0) is 6.54 Å². The lowest BCUT2D eigenvalue weighted by atomic mass is 10.2. The standard InChI is InChI=1S/C16H26N4/c1-6-9-20(10-7-2)15-12-18-16(13(4)5)19-14(15)11-17-8-3/h6-7,12-13,17H,1-2,8-11H2,3-5H3. The maximum absolute atomic E-state index is 4.71. The van der Waals surface area contributed by atoms with E-state index in [0.717, 1.165) is 43.4 Å².